The number of aliphatic hydroxyl groups is 2. The number of phenols is 1. The third-order valence-corrected chi connectivity index (χ3v) is 4.89. The van der Waals surface area contributed by atoms with Gasteiger partial charge in [-0.15, -0.1) is 0 Å². The van der Waals surface area contributed by atoms with Crippen LogP contribution in [-0.2, 0) is 0 Å². The zero-order valence-electron chi connectivity index (χ0n) is 17.7. The Labute approximate surface area is 184 Å². The maximum absolute atomic E-state index is 14.4. The van der Waals surface area contributed by atoms with Crippen LogP contribution in [0.15, 0.2) is 48.9 Å². The number of nitrogens with one attached hydrogen (secondary N) is 2. The van der Waals surface area contributed by atoms with Crippen molar-refractivity contribution in [1.82, 2.24) is 15.3 Å². The SMILES string of the molecule is CC(C)c1cnc(-c2cc(O)ccc2F)cc1Nc1ccncc1C(=O)NC(CO)CO. The zero-order valence-corrected chi connectivity index (χ0v) is 17.7. The number of nitrogens with zero attached hydrogens (tertiary/aromatic N) is 2. The summed E-state index contributed by atoms with van der Waals surface area (Å²) in [6.07, 6.45) is 4.51. The predicted molar refractivity (Wildman–Crippen MR) is 118 cm³/mol. The first-order chi connectivity index (χ1) is 15.3. The van der Waals surface area contributed by atoms with E-state index in [-0.39, 0.29) is 22.8 Å². The lowest BCUT2D eigenvalue weighted by atomic mass is 10.0. The van der Waals surface area contributed by atoms with E-state index < -0.39 is 31.0 Å². The fourth-order valence-electron chi connectivity index (χ4n) is 3.13. The molecule has 2 heterocycles. The molecule has 0 aliphatic carbocycles. The van der Waals surface area contributed by atoms with Gasteiger partial charge in [-0.2, -0.15) is 0 Å². The summed E-state index contributed by atoms with van der Waals surface area (Å²) in [7, 11) is 0. The van der Waals surface area contributed by atoms with Crippen molar-refractivity contribution >= 4 is 17.3 Å². The molecule has 32 heavy (non-hydrogen) atoms. The molecule has 1 amide bonds. The minimum absolute atomic E-state index is 0.0698. The van der Waals surface area contributed by atoms with Crippen molar-refractivity contribution in [2.75, 3.05) is 18.5 Å². The summed E-state index contributed by atoms with van der Waals surface area (Å²) < 4.78 is 14.4. The Bertz CT molecular complexity index is 1100. The fraction of sp³-hybridized carbons (Fsp3) is 0.261. The lowest BCUT2D eigenvalue weighted by molar-refractivity contribution is 0.0880. The highest BCUT2D eigenvalue weighted by molar-refractivity contribution is 6.00. The summed E-state index contributed by atoms with van der Waals surface area (Å²) in [4.78, 5) is 21.0. The maximum Gasteiger partial charge on any atom is 0.255 e. The topological polar surface area (TPSA) is 128 Å². The van der Waals surface area contributed by atoms with E-state index in [0.29, 0.717) is 17.1 Å². The van der Waals surface area contributed by atoms with Crippen LogP contribution in [0.2, 0.25) is 0 Å². The third kappa shape index (κ3) is 5.19. The Morgan fingerprint density at radius 2 is 1.84 bits per heavy atom. The van der Waals surface area contributed by atoms with E-state index in [1.807, 2.05) is 13.8 Å². The largest absolute Gasteiger partial charge is 0.508 e. The van der Waals surface area contributed by atoms with Crippen molar-refractivity contribution in [3.05, 3.63) is 65.9 Å². The number of benzene rings is 1. The first-order valence-corrected chi connectivity index (χ1v) is 10.1. The fourth-order valence-corrected chi connectivity index (χ4v) is 3.13. The van der Waals surface area contributed by atoms with E-state index >= 15 is 0 Å². The second-order valence-electron chi connectivity index (χ2n) is 7.56. The lowest BCUT2D eigenvalue weighted by Gasteiger charge is -2.19. The molecule has 168 valence electrons. The molecule has 0 aliphatic heterocycles. The molecule has 0 saturated heterocycles. The molecule has 0 spiro atoms. The number of phenolic OH excluding ortho intramolecular Hbond substituents is 1. The molecule has 0 radical (unpaired) electrons. The molecule has 0 saturated carbocycles. The molecule has 3 rings (SSSR count). The Hall–Kier alpha value is -3.56. The molecule has 3 aromatic rings. The van der Waals surface area contributed by atoms with Crippen molar-refractivity contribution in [1.29, 1.82) is 0 Å². The Kier molecular flexibility index (Phi) is 7.34. The van der Waals surface area contributed by atoms with Crippen LogP contribution in [0, 0.1) is 5.82 Å². The van der Waals surface area contributed by atoms with Crippen LogP contribution in [0.25, 0.3) is 11.3 Å². The number of amides is 1. The Morgan fingerprint density at radius 3 is 2.53 bits per heavy atom. The van der Waals surface area contributed by atoms with Gasteiger partial charge < -0.3 is 26.0 Å². The van der Waals surface area contributed by atoms with Gasteiger partial charge in [-0.1, -0.05) is 13.8 Å². The number of carbonyl (C=O) groups excluding carboxylic acids is 1. The minimum atomic E-state index is -0.803. The molecule has 2 aromatic heterocycles. The van der Waals surface area contributed by atoms with Crippen LogP contribution in [0.5, 0.6) is 5.75 Å². The third-order valence-electron chi connectivity index (χ3n) is 4.89. The van der Waals surface area contributed by atoms with Crippen LogP contribution in [0.3, 0.4) is 0 Å². The average Bonchev–Trinajstić information content (AvgIpc) is 2.79. The molecule has 1 aromatic carbocycles. The molecule has 9 heteroatoms. The molecule has 0 atom stereocenters. The number of carbonyl (C=O) groups is 1. The number of hydrogen-bond donors (Lipinski definition) is 5. The maximum atomic E-state index is 14.4. The van der Waals surface area contributed by atoms with E-state index in [4.69, 9.17) is 0 Å². The van der Waals surface area contributed by atoms with Crippen LogP contribution in [0.4, 0.5) is 15.8 Å². The normalized spacial score (nSPS) is 11.1. The summed E-state index contributed by atoms with van der Waals surface area (Å²) in [5.41, 5.74) is 2.53. The standard InChI is InChI=1S/C23H25FN4O4/c1-13(2)17-10-26-21(16-7-15(31)3-4-19(16)24)8-22(17)28-20-5-6-25-9-18(20)23(32)27-14(11-29)12-30/h3-10,13-14,29-31H,11-12H2,1-2H3,(H,27,32)(H,25,26,28). The van der Waals surface area contributed by atoms with Crippen LogP contribution in [0.1, 0.15) is 35.7 Å². The van der Waals surface area contributed by atoms with E-state index in [1.165, 1.54) is 30.6 Å². The van der Waals surface area contributed by atoms with Gasteiger partial charge in [0.25, 0.3) is 5.91 Å². The van der Waals surface area contributed by atoms with Gasteiger partial charge >= 0.3 is 0 Å². The van der Waals surface area contributed by atoms with Crippen LogP contribution < -0.4 is 10.6 Å². The molecule has 8 nitrogen and oxygen atoms in total. The number of hydrogen-bond acceptors (Lipinski definition) is 7. The molecular formula is C23H25FN4O4. The van der Waals surface area contributed by atoms with E-state index in [1.54, 1.807) is 18.3 Å². The van der Waals surface area contributed by atoms with E-state index in [0.717, 1.165) is 5.56 Å². The quantitative estimate of drug-likeness (QED) is 0.364. The van der Waals surface area contributed by atoms with Crippen LogP contribution >= 0.6 is 0 Å². The van der Waals surface area contributed by atoms with Crippen molar-refractivity contribution in [3.8, 4) is 17.0 Å². The second-order valence-corrected chi connectivity index (χ2v) is 7.56. The highest BCUT2D eigenvalue weighted by atomic mass is 19.1. The number of aromatic hydroxyl groups is 1. The number of pyridine rings is 2. The summed E-state index contributed by atoms with van der Waals surface area (Å²) in [6, 6.07) is 6.18. The number of aromatic nitrogens is 2. The Balaban J connectivity index is 2.02. The highest BCUT2D eigenvalue weighted by Gasteiger charge is 2.18. The summed E-state index contributed by atoms with van der Waals surface area (Å²) >= 11 is 0. The predicted octanol–water partition coefficient (Wildman–Crippen LogP) is 2.94. The van der Waals surface area contributed by atoms with Crippen molar-refractivity contribution in [2.45, 2.75) is 25.8 Å². The number of rotatable bonds is 8. The summed E-state index contributed by atoms with van der Waals surface area (Å²) in [5, 5.41) is 34.0. The summed E-state index contributed by atoms with van der Waals surface area (Å²) in [5.74, 6) is -1.06. The molecule has 0 unspecified atom stereocenters. The second kappa shape index (κ2) is 10.2. The molecule has 5 N–H and O–H groups in total. The van der Waals surface area contributed by atoms with Gasteiger partial charge in [-0.25, -0.2) is 4.39 Å². The summed E-state index contributed by atoms with van der Waals surface area (Å²) in [6.45, 7) is 3.13. The zero-order chi connectivity index (χ0) is 23.3. The first kappa shape index (κ1) is 23.1. The van der Waals surface area contributed by atoms with Crippen LogP contribution in [-0.4, -0.2) is 50.5 Å². The smallest absolute Gasteiger partial charge is 0.255 e. The molecule has 0 aliphatic rings. The van der Waals surface area contributed by atoms with E-state index in [9.17, 15) is 24.5 Å². The molecule has 0 fully saturated rings. The van der Waals surface area contributed by atoms with Crippen molar-refractivity contribution in [3.63, 3.8) is 0 Å². The number of halogens is 1. The van der Waals surface area contributed by atoms with Gasteiger partial charge in [0.2, 0.25) is 0 Å². The number of aliphatic hydroxyl groups excluding tert-OH is 2. The Morgan fingerprint density at radius 1 is 1.09 bits per heavy atom. The molecular weight excluding hydrogens is 415 g/mol. The average molecular weight is 440 g/mol. The van der Waals surface area contributed by atoms with Gasteiger partial charge in [0, 0.05) is 29.8 Å². The highest BCUT2D eigenvalue weighted by Crippen LogP contribution is 2.33. The first-order valence-electron chi connectivity index (χ1n) is 10.1. The van der Waals surface area contributed by atoms with Gasteiger partial charge in [-0.05, 0) is 41.8 Å². The lowest BCUT2D eigenvalue weighted by Crippen LogP contribution is -2.40. The van der Waals surface area contributed by atoms with Gasteiger partial charge in [0.1, 0.15) is 11.6 Å². The minimum Gasteiger partial charge on any atom is -0.508 e. The monoisotopic (exact) mass is 440 g/mol. The van der Waals surface area contributed by atoms with E-state index in [2.05, 4.69) is 20.6 Å². The van der Waals surface area contributed by atoms with Gasteiger partial charge in [0.15, 0.2) is 0 Å². The van der Waals surface area contributed by atoms with Crippen molar-refractivity contribution in [2.24, 2.45) is 0 Å². The van der Waals surface area contributed by atoms with Crippen molar-refractivity contribution < 1.29 is 24.5 Å². The number of anilines is 2. The van der Waals surface area contributed by atoms with Gasteiger partial charge in [0.05, 0.1) is 36.2 Å². The molecule has 0 bridgehead atoms. The van der Waals surface area contributed by atoms with Gasteiger partial charge in [-0.3, -0.25) is 14.8 Å².